The van der Waals surface area contributed by atoms with Crippen molar-refractivity contribution >= 4 is 34.6 Å². The number of benzene rings is 3. The summed E-state index contributed by atoms with van der Waals surface area (Å²) in [4.78, 5) is 24.0. The fraction of sp³-hybridized carbons (Fsp3) is 0.214. The predicted molar refractivity (Wildman–Crippen MR) is 136 cm³/mol. The van der Waals surface area contributed by atoms with Gasteiger partial charge in [-0.25, -0.2) is 13.8 Å². The predicted octanol–water partition coefficient (Wildman–Crippen LogP) is 7.39. The number of hydrogen-bond acceptors (Lipinski definition) is 5. The van der Waals surface area contributed by atoms with Gasteiger partial charge in [0, 0.05) is 18.4 Å². The van der Waals surface area contributed by atoms with Crippen LogP contribution in [0.5, 0.6) is 11.5 Å². The first kappa shape index (κ1) is 25.3. The maximum absolute atomic E-state index is 14.2. The average Bonchev–Trinajstić information content (AvgIpc) is 3.14. The molecule has 0 aliphatic carbocycles. The maximum Gasteiger partial charge on any atom is 0.419 e. The summed E-state index contributed by atoms with van der Waals surface area (Å²) in [6, 6.07) is 19.0. The number of hydrogen-bond donors (Lipinski definition) is 0. The fourth-order valence-electron chi connectivity index (χ4n) is 3.67. The van der Waals surface area contributed by atoms with Crippen molar-refractivity contribution in [3.63, 3.8) is 0 Å². The van der Waals surface area contributed by atoms with Gasteiger partial charge in [0.1, 0.15) is 29.5 Å². The van der Waals surface area contributed by atoms with Crippen molar-refractivity contribution in [1.29, 1.82) is 0 Å². The maximum atomic E-state index is 14.2. The molecule has 1 heterocycles. The van der Waals surface area contributed by atoms with E-state index in [0.717, 1.165) is 11.1 Å². The molecule has 0 saturated heterocycles. The Morgan fingerprint density at radius 1 is 0.917 bits per heavy atom. The molecule has 36 heavy (non-hydrogen) atoms. The van der Waals surface area contributed by atoms with Gasteiger partial charge in [0.05, 0.1) is 16.2 Å². The first-order valence-corrected chi connectivity index (χ1v) is 11.6. The first-order valence-electron chi connectivity index (χ1n) is 11.2. The van der Waals surface area contributed by atoms with E-state index in [0.29, 0.717) is 28.1 Å². The summed E-state index contributed by atoms with van der Waals surface area (Å²) in [6.07, 6.45) is -0.634. The largest absolute Gasteiger partial charge is 0.487 e. The molecule has 0 spiro atoms. The second-order valence-corrected chi connectivity index (χ2v) is 9.61. The number of aromatic nitrogens is 1. The molecule has 0 fully saturated rings. The fourth-order valence-corrected chi connectivity index (χ4v) is 3.84. The van der Waals surface area contributed by atoms with Gasteiger partial charge in [0.2, 0.25) is 0 Å². The summed E-state index contributed by atoms with van der Waals surface area (Å²) >= 11 is 5.95. The Hall–Kier alpha value is -3.84. The quantitative estimate of drug-likeness (QED) is 0.207. The van der Waals surface area contributed by atoms with Gasteiger partial charge in [-0.15, -0.1) is 0 Å². The summed E-state index contributed by atoms with van der Waals surface area (Å²) in [5.41, 5.74) is 2.00. The van der Waals surface area contributed by atoms with E-state index in [2.05, 4.69) is 0 Å². The summed E-state index contributed by atoms with van der Waals surface area (Å²) in [7, 11) is 0. The normalized spacial score (nSPS) is 11.4. The van der Waals surface area contributed by atoms with E-state index in [1.165, 1.54) is 23.6 Å². The Kier molecular flexibility index (Phi) is 7.04. The third-order valence-electron chi connectivity index (χ3n) is 5.19. The number of esters is 1. The van der Waals surface area contributed by atoms with Gasteiger partial charge >= 0.3 is 12.1 Å². The lowest BCUT2D eigenvalue weighted by Crippen LogP contribution is -2.28. The lowest BCUT2D eigenvalue weighted by atomic mass is 10.1. The molecular weight excluding hydrogens is 485 g/mol. The standard InChI is InChI=1S/C28H25ClFNO5/c1-17(32)35-23-11-7-19(8-12-23)18-5-9-22(10-6-18)34-16-21-13-20-14-24(29)25(30)15-26(20)31(21)27(33)36-28(2,3)4/h5-15H,16H2,1-4H3. The molecule has 0 bridgehead atoms. The number of carbonyl (C=O) groups excluding carboxylic acids is 2. The minimum atomic E-state index is -0.733. The first-order chi connectivity index (χ1) is 17.0. The van der Waals surface area contributed by atoms with E-state index in [9.17, 15) is 14.0 Å². The van der Waals surface area contributed by atoms with Gasteiger partial charge in [-0.05, 0) is 68.3 Å². The van der Waals surface area contributed by atoms with Gasteiger partial charge < -0.3 is 14.2 Å². The van der Waals surface area contributed by atoms with Crippen LogP contribution in [0.4, 0.5) is 9.18 Å². The topological polar surface area (TPSA) is 66.8 Å². The van der Waals surface area contributed by atoms with Crippen LogP contribution in [-0.4, -0.2) is 22.2 Å². The van der Waals surface area contributed by atoms with Crippen LogP contribution in [0, 0.1) is 5.82 Å². The minimum absolute atomic E-state index is 0.0345. The molecule has 0 amide bonds. The van der Waals surface area contributed by atoms with E-state index in [1.807, 2.05) is 36.4 Å². The van der Waals surface area contributed by atoms with Crippen LogP contribution < -0.4 is 9.47 Å². The number of rotatable bonds is 5. The zero-order valence-electron chi connectivity index (χ0n) is 20.3. The average molecular weight is 510 g/mol. The van der Waals surface area contributed by atoms with Crippen molar-refractivity contribution in [2.75, 3.05) is 0 Å². The van der Waals surface area contributed by atoms with Gasteiger partial charge in [0.15, 0.2) is 0 Å². The van der Waals surface area contributed by atoms with Crippen molar-refractivity contribution in [2.45, 2.75) is 39.9 Å². The zero-order chi connectivity index (χ0) is 26.0. The SMILES string of the molecule is CC(=O)Oc1ccc(-c2ccc(OCc3cc4cc(Cl)c(F)cc4n3C(=O)OC(C)(C)C)cc2)cc1. The van der Waals surface area contributed by atoms with E-state index in [-0.39, 0.29) is 17.6 Å². The lowest BCUT2D eigenvalue weighted by Gasteiger charge is -2.21. The molecule has 3 aromatic carbocycles. The minimum Gasteiger partial charge on any atom is -0.487 e. The third kappa shape index (κ3) is 5.86. The molecule has 6 nitrogen and oxygen atoms in total. The molecule has 1 aromatic heterocycles. The number of ether oxygens (including phenoxy) is 3. The smallest absolute Gasteiger partial charge is 0.419 e. The molecule has 4 aromatic rings. The van der Waals surface area contributed by atoms with Crippen molar-refractivity contribution in [1.82, 2.24) is 4.57 Å². The van der Waals surface area contributed by atoms with E-state index >= 15 is 0 Å². The van der Waals surface area contributed by atoms with Crippen LogP contribution >= 0.6 is 11.6 Å². The molecule has 0 radical (unpaired) electrons. The third-order valence-corrected chi connectivity index (χ3v) is 5.48. The van der Waals surface area contributed by atoms with E-state index < -0.39 is 17.5 Å². The second kappa shape index (κ2) is 10.0. The summed E-state index contributed by atoms with van der Waals surface area (Å²) in [6.45, 7) is 6.68. The number of carbonyl (C=O) groups is 2. The molecule has 0 atom stereocenters. The Labute approximate surface area is 213 Å². The Morgan fingerprint density at radius 3 is 2.06 bits per heavy atom. The highest BCUT2D eigenvalue weighted by Crippen LogP contribution is 2.29. The molecule has 0 aliphatic rings. The Morgan fingerprint density at radius 2 is 1.50 bits per heavy atom. The van der Waals surface area contributed by atoms with Crippen LogP contribution in [0.1, 0.15) is 33.4 Å². The highest BCUT2D eigenvalue weighted by Gasteiger charge is 2.23. The van der Waals surface area contributed by atoms with Gasteiger partial charge in [-0.2, -0.15) is 0 Å². The summed E-state index contributed by atoms with van der Waals surface area (Å²) in [5, 5.41) is 0.561. The monoisotopic (exact) mass is 509 g/mol. The van der Waals surface area contributed by atoms with Crippen LogP contribution in [-0.2, 0) is 16.1 Å². The Bertz CT molecular complexity index is 1420. The molecule has 8 heteroatoms. The number of nitrogens with zero attached hydrogens (tertiary/aromatic N) is 1. The van der Waals surface area contributed by atoms with Crippen molar-refractivity contribution < 1.29 is 28.2 Å². The highest BCUT2D eigenvalue weighted by molar-refractivity contribution is 6.31. The molecule has 0 unspecified atom stereocenters. The second-order valence-electron chi connectivity index (χ2n) is 9.21. The van der Waals surface area contributed by atoms with Gasteiger partial charge in [-0.1, -0.05) is 35.9 Å². The number of fused-ring (bicyclic) bond motifs is 1. The molecule has 0 saturated carbocycles. The van der Waals surface area contributed by atoms with Crippen molar-refractivity contribution in [3.05, 3.63) is 83.3 Å². The molecular formula is C28H25ClFNO5. The molecule has 0 aliphatic heterocycles. The highest BCUT2D eigenvalue weighted by atomic mass is 35.5. The van der Waals surface area contributed by atoms with Gasteiger partial charge in [0.25, 0.3) is 0 Å². The summed E-state index contributed by atoms with van der Waals surface area (Å²) < 4.78 is 32.0. The van der Waals surface area contributed by atoms with E-state index in [4.69, 9.17) is 25.8 Å². The zero-order valence-corrected chi connectivity index (χ0v) is 21.1. The van der Waals surface area contributed by atoms with Crippen molar-refractivity contribution in [3.8, 4) is 22.6 Å². The molecule has 4 rings (SSSR count). The van der Waals surface area contributed by atoms with Crippen LogP contribution in [0.3, 0.4) is 0 Å². The van der Waals surface area contributed by atoms with Crippen LogP contribution in [0.2, 0.25) is 5.02 Å². The van der Waals surface area contributed by atoms with Gasteiger partial charge in [-0.3, -0.25) is 4.79 Å². The Balaban J connectivity index is 1.55. The van der Waals surface area contributed by atoms with Crippen LogP contribution in [0.25, 0.3) is 22.0 Å². The number of halogens is 2. The molecule has 0 N–H and O–H groups in total. The molecule has 186 valence electrons. The van der Waals surface area contributed by atoms with Crippen molar-refractivity contribution in [2.24, 2.45) is 0 Å². The van der Waals surface area contributed by atoms with E-state index in [1.54, 1.807) is 39.0 Å². The van der Waals surface area contributed by atoms with Crippen LogP contribution in [0.15, 0.2) is 66.7 Å². The summed E-state index contributed by atoms with van der Waals surface area (Å²) in [5.74, 6) is 0.0625. The lowest BCUT2D eigenvalue weighted by molar-refractivity contribution is -0.131.